The van der Waals surface area contributed by atoms with Gasteiger partial charge in [0, 0.05) is 0 Å². The minimum absolute atomic E-state index is 0. The molecule has 0 aromatic rings. The van der Waals surface area contributed by atoms with Crippen molar-refractivity contribution in [1.29, 1.82) is 0 Å². The van der Waals surface area contributed by atoms with Crippen LogP contribution in [0.4, 0.5) is 0 Å². The van der Waals surface area contributed by atoms with Gasteiger partial charge in [-0.25, -0.2) is 12.2 Å². The summed E-state index contributed by atoms with van der Waals surface area (Å²) < 4.78 is 0. The summed E-state index contributed by atoms with van der Waals surface area (Å²) in [4.78, 5) is 0. The Labute approximate surface area is 74.3 Å². The van der Waals surface area contributed by atoms with Crippen LogP contribution in [0.25, 0.3) is 0 Å². The molecule has 0 atom stereocenters. The second-order valence-electron chi connectivity index (χ2n) is 1.00. The summed E-state index contributed by atoms with van der Waals surface area (Å²) in [6.45, 7) is 0. The molecule has 0 aromatic heterocycles. The Bertz CT molecular complexity index is 62.6. The third kappa shape index (κ3) is 11.6. The van der Waals surface area contributed by atoms with Gasteiger partial charge in [0.2, 0.25) is 0 Å². The van der Waals surface area contributed by atoms with Crippen LogP contribution in [0.5, 0.6) is 0 Å². The minimum Gasteiger partial charge on any atom is -0.358 e. The molecule has 0 amide bonds. The Kier molecular flexibility index (Phi) is 40.0. The van der Waals surface area contributed by atoms with Gasteiger partial charge in [0.1, 0.15) is 0 Å². The molecule has 0 nitrogen and oxygen atoms in total. The number of allylic oxidation sites excluding steroid dienone is 4. The molecule has 0 bridgehead atoms. The van der Waals surface area contributed by atoms with Gasteiger partial charge in [-0.2, -0.15) is 6.08 Å². The molecule has 0 aromatic carbocycles. The molecule has 0 saturated carbocycles. The maximum Gasteiger partial charge on any atom is 4.00 e. The van der Waals surface area contributed by atoms with Crippen LogP contribution in [-0.2, 0) is 21.1 Å². The molecule has 1 aliphatic carbocycles. The van der Waals surface area contributed by atoms with Crippen LogP contribution < -0.4 is 0 Å². The summed E-state index contributed by atoms with van der Waals surface area (Å²) in [6.07, 6.45) is 10.0. The van der Waals surface area contributed by atoms with Crippen LogP contribution in [0.15, 0.2) is 18.2 Å². The van der Waals surface area contributed by atoms with E-state index in [1.165, 1.54) is 0 Å². The number of hydrogen-bond acceptors (Lipinski definition) is 0. The van der Waals surface area contributed by atoms with E-state index in [0.717, 1.165) is 6.42 Å². The summed E-state index contributed by atoms with van der Waals surface area (Å²) in [5, 5.41) is 0. The molecule has 0 fully saturated rings. The predicted molar refractivity (Wildman–Crippen MR) is 40.8 cm³/mol. The Morgan fingerprint density at radius 1 is 1.11 bits per heavy atom. The van der Waals surface area contributed by atoms with Gasteiger partial charge in [-0.3, -0.25) is 6.08 Å². The summed E-state index contributed by atoms with van der Waals surface area (Å²) in [6, 6.07) is 0. The van der Waals surface area contributed by atoms with Gasteiger partial charge >= 0.3 is 21.1 Å². The maximum absolute atomic E-state index is 2.99. The third-order valence-electron chi connectivity index (χ3n) is 0.586. The van der Waals surface area contributed by atoms with E-state index >= 15 is 0 Å². The van der Waals surface area contributed by atoms with E-state index in [2.05, 4.69) is 12.2 Å². The van der Waals surface area contributed by atoms with Crippen molar-refractivity contribution in [3.63, 3.8) is 0 Å². The molecule has 1 heteroatoms. The molecule has 0 heterocycles. The van der Waals surface area contributed by atoms with Gasteiger partial charge in [-0.1, -0.05) is 0 Å². The number of hydrogen-bond donors (Lipinski definition) is 0. The van der Waals surface area contributed by atoms with E-state index < -0.39 is 0 Å². The molecular weight excluding hydrogens is 291 g/mol. The van der Waals surface area contributed by atoms with E-state index in [-0.39, 0.29) is 43.3 Å². The predicted octanol–water partition coefficient (Wildman–Crippen LogP) is 2.65. The van der Waals surface area contributed by atoms with Crippen molar-refractivity contribution in [2.45, 2.75) is 6.42 Å². The zero-order valence-electron chi connectivity index (χ0n) is 6.26. The van der Waals surface area contributed by atoms with Crippen LogP contribution in [0, 0.1) is 28.4 Å². The van der Waals surface area contributed by atoms with Gasteiger partial charge in [0.15, 0.2) is 0 Å². The molecule has 0 unspecified atom stereocenters. The van der Waals surface area contributed by atoms with Crippen molar-refractivity contribution < 1.29 is 21.1 Å². The van der Waals surface area contributed by atoms with E-state index in [4.69, 9.17) is 0 Å². The summed E-state index contributed by atoms with van der Waals surface area (Å²) >= 11 is 0. The molecule has 0 N–H and O–H groups in total. The minimum atomic E-state index is 0. The first-order valence-electron chi connectivity index (χ1n) is 1.72. The first kappa shape index (κ1) is 22.9. The Morgan fingerprint density at radius 3 is 1.78 bits per heavy atom. The molecule has 0 saturated heterocycles. The molecule has 0 radical (unpaired) electrons. The summed E-state index contributed by atoms with van der Waals surface area (Å²) in [5.74, 6) is 0. The zero-order valence-corrected chi connectivity index (χ0v) is 8.53. The van der Waals surface area contributed by atoms with E-state index in [0.29, 0.717) is 0 Å². The van der Waals surface area contributed by atoms with Gasteiger partial charge < -0.3 is 22.3 Å². The topological polar surface area (TPSA) is 0 Å². The first-order chi connectivity index (χ1) is 2.50. The fourth-order valence-corrected chi connectivity index (χ4v) is 0.340. The van der Waals surface area contributed by atoms with E-state index in [9.17, 15) is 0 Å². The molecule has 1 aliphatic rings. The Morgan fingerprint density at radius 2 is 1.67 bits per heavy atom. The van der Waals surface area contributed by atoms with Crippen molar-refractivity contribution >= 4 is 0 Å². The van der Waals surface area contributed by atoms with Gasteiger partial charge in [-0.05, 0) is 0 Å². The van der Waals surface area contributed by atoms with Crippen molar-refractivity contribution in [1.82, 2.24) is 0 Å². The first-order valence-corrected chi connectivity index (χ1v) is 1.72. The molecule has 0 spiro atoms. The average molecular weight is 305 g/mol. The summed E-state index contributed by atoms with van der Waals surface area (Å²) in [7, 11) is 0. The van der Waals surface area contributed by atoms with Crippen molar-refractivity contribution in [3.05, 3.63) is 46.6 Å². The number of rotatable bonds is 0. The van der Waals surface area contributed by atoms with Crippen molar-refractivity contribution in [3.8, 4) is 0 Å². The molecule has 9 heavy (non-hydrogen) atoms. The fraction of sp³-hybridized carbons (Fsp3) is 0.125. The van der Waals surface area contributed by atoms with Gasteiger partial charge in [-0.15, -0.1) is 6.42 Å². The van der Waals surface area contributed by atoms with E-state index in [1.54, 1.807) is 0 Å². The summed E-state index contributed by atoms with van der Waals surface area (Å²) in [5.41, 5.74) is 0. The van der Waals surface area contributed by atoms with Gasteiger partial charge in [0.25, 0.3) is 0 Å². The average Bonchev–Trinajstić information content (AvgIpc) is 1.76. The van der Waals surface area contributed by atoms with Crippen LogP contribution in [0.2, 0.25) is 0 Å². The van der Waals surface area contributed by atoms with Crippen molar-refractivity contribution in [2.24, 2.45) is 0 Å². The second-order valence-corrected chi connectivity index (χ2v) is 1.00. The second kappa shape index (κ2) is 15.7. The monoisotopic (exact) mass is 305 g/mol. The third-order valence-corrected chi connectivity index (χ3v) is 0.586. The Hall–Kier alpha value is 0.168. The SMILES string of the molecule is [C-]1=CC=CC1.[CH3-].[CH3-].[CH3-].[Pt+4]. The van der Waals surface area contributed by atoms with Crippen LogP contribution >= 0.6 is 0 Å². The quantitative estimate of drug-likeness (QED) is 0.604. The Balaban J connectivity index is -0.0000000312. The largest absolute Gasteiger partial charge is 4.00 e. The molecule has 56 valence electrons. The normalized spacial score (nSPS) is 9.78. The van der Waals surface area contributed by atoms with Crippen LogP contribution in [-0.4, -0.2) is 0 Å². The molecule has 1 rings (SSSR count). The maximum atomic E-state index is 2.99. The fourth-order valence-electron chi connectivity index (χ4n) is 0.340. The molecular formula is C8H14Pt. The van der Waals surface area contributed by atoms with Gasteiger partial charge in [0.05, 0.1) is 0 Å². The standard InChI is InChI=1S/C5H5.3CH3.Pt/c1-2-4-5-3-1;;;;/h1-3H,4H2;3*1H3;/q4*-1;+4. The van der Waals surface area contributed by atoms with Crippen molar-refractivity contribution in [2.75, 3.05) is 0 Å². The smallest absolute Gasteiger partial charge is 0.358 e. The van der Waals surface area contributed by atoms with E-state index in [1.807, 2.05) is 12.2 Å². The van der Waals surface area contributed by atoms with Crippen LogP contribution in [0.3, 0.4) is 0 Å². The van der Waals surface area contributed by atoms with Crippen LogP contribution in [0.1, 0.15) is 6.42 Å². The molecule has 0 aliphatic heterocycles. The zero-order chi connectivity index (χ0) is 3.54.